The van der Waals surface area contributed by atoms with Crippen molar-refractivity contribution in [1.29, 1.82) is 0 Å². The van der Waals surface area contributed by atoms with E-state index >= 15 is 0 Å². The van der Waals surface area contributed by atoms with Gasteiger partial charge in [0.25, 0.3) is 5.69 Å². The molecule has 0 saturated heterocycles. The number of rotatable bonds is 8. The highest BCUT2D eigenvalue weighted by molar-refractivity contribution is 7.89. The molecule has 0 saturated carbocycles. The summed E-state index contributed by atoms with van der Waals surface area (Å²) < 4.78 is 79.5. The summed E-state index contributed by atoms with van der Waals surface area (Å²) in [6, 6.07) is 8.09. The molecule has 9 nitrogen and oxygen atoms in total. The van der Waals surface area contributed by atoms with Crippen molar-refractivity contribution < 1.29 is 40.7 Å². The van der Waals surface area contributed by atoms with Gasteiger partial charge >= 0.3 is 6.18 Å². The van der Waals surface area contributed by atoms with Crippen molar-refractivity contribution in [3.8, 4) is 11.5 Å². The lowest BCUT2D eigenvalue weighted by atomic mass is 10.1. The molecule has 13 heteroatoms. The molecule has 3 rings (SSSR count). The Morgan fingerprint density at radius 2 is 1.66 bits per heavy atom. The highest BCUT2D eigenvalue weighted by atomic mass is 32.2. The molecule has 174 valence electrons. The lowest BCUT2D eigenvalue weighted by molar-refractivity contribution is -0.387. The van der Waals surface area contributed by atoms with Gasteiger partial charge in [-0.2, -0.15) is 13.2 Å². The minimum absolute atomic E-state index is 0.0940. The van der Waals surface area contributed by atoms with Crippen molar-refractivity contribution in [2.24, 2.45) is 0 Å². The van der Waals surface area contributed by atoms with E-state index in [-0.39, 0.29) is 37.9 Å². The largest absolute Gasteiger partial charge is 0.490 e. The molecule has 1 aliphatic heterocycles. The average Bonchev–Trinajstić information content (AvgIpc) is 2.96. The molecule has 0 atom stereocenters. The Labute approximate surface area is 181 Å². The fourth-order valence-corrected chi connectivity index (χ4v) is 4.01. The SMILES string of the molecule is O=[N+]([O-])c1cc2c(cc1S(=O)(=O)NCc1ccc(COCC(F)(F)F)cc1)OCCCO2. The van der Waals surface area contributed by atoms with Crippen molar-refractivity contribution in [1.82, 2.24) is 4.72 Å². The number of nitro groups is 1. The first-order valence-corrected chi connectivity index (χ1v) is 10.8. The second-order valence-corrected chi connectivity index (χ2v) is 8.56. The van der Waals surface area contributed by atoms with Crippen LogP contribution in [0.3, 0.4) is 0 Å². The van der Waals surface area contributed by atoms with Crippen molar-refractivity contribution in [2.45, 2.75) is 30.6 Å². The highest BCUT2D eigenvalue weighted by Crippen LogP contribution is 2.38. The maximum Gasteiger partial charge on any atom is 0.411 e. The molecule has 0 aromatic heterocycles. The number of ether oxygens (including phenoxy) is 3. The zero-order valence-electron chi connectivity index (χ0n) is 16.6. The number of halogens is 3. The lowest BCUT2D eigenvalue weighted by Crippen LogP contribution is -2.24. The first-order chi connectivity index (χ1) is 15.0. The first-order valence-electron chi connectivity index (χ1n) is 9.35. The van der Waals surface area contributed by atoms with Crippen molar-refractivity contribution in [3.63, 3.8) is 0 Å². The van der Waals surface area contributed by atoms with Gasteiger partial charge in [-0.1, -0.05) is 24.3 Å². The second-order valence-electron chi connectivity index (χ2n) is 6.82. The van der Waals surface area contributed by atoms with Crippen LogP contribution in [0.25, 0.3) is 0 Å². The van der Waals surface area contributed by atoms with Crippen LogP contribution in [0.15, 0.2) is 41.3 Å². The Morgan fingerprint density at radius 1 is 1.06 bits per heavy atom. The minimum Gasteiger partial charge on any atom is -0.490 e. The van der Waals surface area contributed by atoms with E-state index in [1.807, 2.05) is 0 Å². The molecule has 0 fully saturated rings. The number of hydrogen-bond acceptors (Lipinski definition) is 7. The number of hydrogen-bond donors (Lipinski definition) is 1. The molecular weight excluding hydrogens is 457 g/mol. The van der Waals surface area contributed by atoms with Gasteiger partial charge in [0.1, 0.15) is 6.61 Å². The normalized spacial score (nSPS) is 14.1. The number of nitrogens with one attached hydrogen (secondary N) is 1. The topological polar surface area (TPSA) is 117 Å². The summed E-state index contributed by atoms with van der Waals surface area (Å²) in [6.45, 7) is -1.27. The fraction of sp³-hybridized carbons (Fsp3) is 0.368. The van der Waals surface area contributed by atoms with Gasteiger partial charge in [0, 0.05) is 19.0 Å². The molecule has 2 aromatic rings. The van der Waals surface area contributed by atoms with Crippen LogP contribution >= 0.6 is 0 Å². The van der Waals surface area contributed by atoms with E-state index in [1.165, 1.54) is 24.3 Å². The predicted molar refractivity (Wildman–Crippen MR) is 105 cm³/mol. The molecule has 0 radical (unpaired) electrons. The van der Waals surface area contributed by atoms with E-state index in [4.69, 9.17) is 9.47 Å². The summed E-state index contributed by atoms with van der Waals surface area (Å²) in [5, 5.41) is 11.4. The van der Waals surface area contributed by atoms with Gasteiger partial charge in [-0.3, -0.25) is 10.1 Å². The van der Waals surface area contributed by atoms with Crippen LogP contribution in [0.1, 0.15) is 17.5 Å². The third-order valence-corrected chi connectivity index (χ3v) is 5.77. The third-order valence-electron chi connectivity index (χ3n) is 4.34. The molecule has 0 amide bonds. The molecule has 0 bridgehead atoms. The molecule has 1 aliphatic rings. The van der Waals surface area contributed by atoms with E-state index in [0.717, 1.165) is 12.1 Å². The Morgan fingerprint density at radius 3 is 2.25 bits per heavy atom. The third kappa shape index (κ3) is 6.31. The van der Waals surface area contributed by atoms with Crippen molar-refractivity contribution >= 4 is 15.7 Å². The quantitative estimate of drug-likeness (QED) is 0.459. The van der Waals surface area contributed by atoms with Crippen LogP contribution in [0.4, 0.5) is 18.9 Å². The van der Waals surface area contributed by atoms with Crippen LogP contribution in [0.2, 0.25) is 0 Å². The number of benzene rings is 2. The van der Waals surface area contributed by atoms with Crippen molar-refractivity contribution in [2.75, 3.05) is 19.8 Å². The molecule has 1 N–H and O–H groups in total. The number of nitrogens with zero attached hydrogens (tertiary/aromatic N) is 1. The summed E-state index contributed by atoms with van der Waals surface area (Å²) in [5.74, 6) is 0.188. The van der Waals surface area contributed by atoms with E-state index in [2.05, 4.69) is 9.46 Å². The molecule has 0 spiro atoms. The van der Waals surface area contributed by atoms with Crippen LogP contribution in [-0.4, -0.2) is 39.3 Å². The van der Waals surface area contributed by atoms with Gasteiger partial charge in [0.15, 0.2) is 16.4 Å². The number of fused-ring (bicyclic) bond motifs is 1. The molecule has 32 heavy (non-hydrogen) atoms. The fourth-order valence-electron chi connectivity index (χ4n) is 2.83. The Bertz CT molecular complexity index is 1070. The van der Waals surface area contributed by atoms with E-state index < -0.39 is 38.3 Å². The summed E-state index contributed by atoms with van der Waals surface area (Å²) in [6.07, 6.45) is -3.88. The van der Waals surface area contributed by atoms with Gasteiger partial charge in [0.2, 0.25) is 10.0 Å². The second kappa shape index (κ2) is 9.71. The minimum atomic E-state index is -4.42. The standard InChI is InChI=1S/C19H19F3N2O7S/c20-19(21,22)12-29-11-14-4-2-13(3-5-14)10-23-32(27,28)18-9-17-16(8-15(18)24(25)26)30-6-1-7-31-17/h2-5,8-9,23H,1,6-7,10-12H2. The Balaban J connectivity index is 1.71. The Kier molecular flexibility index (Phi) is 7.21. The van der Waals surface area contributed by atoms with Crippen LogP contribution < -0.4 is 14.2 Å². The monoisotopic (exact) mass is 476 g/mol. The average molecular weight is 476 g/mol. The molecular formula is C19H19F3N2O7S. The van der Waals surface area contributed by atoms with Crippen molar-refractivity contribution in [3.05, 3.63) is 57.6 Å². The lowest BCUT2D eigenvalue weighted by Gasteiger charge is -2.12. The summed E-state index contributed by atoms with van der Waals surface area (Å²) in [7, 11) is -4.30. The van der Waals surface area contributed by atoms with E-state index in [9.17, 15) is 31.7 Å². The van der Waals surface area contributed by atoms with E-state index in [0.29, 0.717) is 17.5 Å². The Hall–Kier alpha value is -2.90. The summed E-state index contributed by atoms with van der Waals surface area (Å²) in [5.41, 5.74) is 0.309. The molecule has 0 unspecified atom stereocenters. The summed E-state index contributed by atoms with van der Waals surface area (Å²) in [4.78, 5) is 10.0. The number of alkyl halides is 3. The van der Waals surface area contributed by atoms with E-state index in [1.54, 1.807) is 0 Å². The molecule has 1 heterocycles. The predicted octanol–water partition coefficient (Wildman–Crippen LogP) is 3.31. The number of nitro benzene ring substituents is 1. The van der Waals surface area contributed by atoms with Gasteiger partial charge in [-0.15, -0.1) is 0 Å². The molecule has 0 aliphatic carbocycles. The van der Waals surface area contributed by atoms with Crippen LogP contribution in [0.5, 0.6) is 11.5 Å². The zero-order valence-corrected chi connectivity index (χ0v) is 17.4. The van der Waals surface area contributed by atoms with Gasteiger partial charge in [-0.05, 0) is 11.1 Å². The van der Waals surface area contributed by atoms with Gasteiger partial charge in [0.05, 0.1) is 30.8 Å². The number of sulfonamides is 1. The highest BCUT2D eigenvalue weighted by Gasteiger charge is 2.30. The summed E-state index contributed by atoms with van der Waals surface area (Å²) >= 11 is 0. The first kappa shape index (κ1) is 23.8. The van der Waals surface area contributed by atoms with Crippen LogP contribution in [-0.2, 0) is 27.9 Å². The zero-order chi connectivity index (χ0) is 23.4. The smallest absolute Gasteiger partial charge is 0.411 e. The maximum absolute atomic E-state index is 12.8. The van der Waals surface area contributed by atoms with Gasteiger partial charge < -0.3 is 14.2 Å². The van der Waals surface area contributed by atoms with Crippen LogP contribution in [0, 0.1) is 10.1 Å². The molecule has 2 aromatic carbocycles. The maximum atomic E-state index is 12.8. The van der Waals surface area contributed by atoms with Gasteiger partial charge in [-0.25, -0.2) is 13.1 Å².